The van der Waals surface area contributed by atoms with Crippen molar-refractivity contribution in [2.45, 2.75) is 38.6 Å². The van der Waals surface area contributed by atoms with Gasteiger partial charge in [-0.2, -0.15) is 0 Å². The second kappa shape index (κ2) is 13.3. The molecule has 0 aliphatic carbocycles. The molecule has 0 atom stereocenters. The molecule has 1 aromatic rings. The van der Waals surface area contributed by atoms with Gasteiger partial charge in [-0.3, -0.25) is 0 Å². The average molecular weight is 497 g/mol. The van der Waals surface area contributed by atoms with Crippen molar-refractivity contribution in [1.29, 1.82) is 0 Å². The van der Waals surface area contributed by atoms with Gasteiger partial charge in [0.2, 0.25) is 0 Å². The average Bonchev–Trinajstić information content (AvgIpc) is 2.55. The van der Waals surface area contributed by atoms with Gasteiger partial charge in [-0.15, -0.1) is 24.0 Å². The largest absolute Gasteiger partial charge is 0.381 e. The van der Waals surface area contributed by atoms with Crippen molar-refractivity contribution in [3.63, 3.8) is 0 Å². The van der Waals surface area contributed by atoms with Gasteiger partial charge < -0.3 is 15.4 Å². The molecule has 0 aromatic heterocycles. The van der Waals surface area contributed by atoms with E-state index >= 15 is 0 Å². The summed E-state index contributed by atoms with van der Waals surface area (Å²) in [4.78, 5) is 4.85. The van der Waals surface area contributed by atoms with Crippen LogP contribution in [0.1, 0.15) is 32.8 Å². The highest BCUT2D eigenvalue weighted by atomic mass is 127. The molecule has 0 saturated carbocycles. The third-order valence-corrected chi connectivity index (χ3v) is 4.45. The van der Waals surface area contributed by atoms with Gasteiger partial charge in [-0.05, 0) is 37.0 Å². The first-order chi connectivity index (χ1) is 11.8. The molecule has 26 heavy (non-hydrogen) atoms. The van der Waals surface area contributed by atoms with Crippen molar-refractivity contribution in [3.05, 3.63) is 29.8 Å². The number of nitrogens with zero attached hydrogens (tertiary/aromatic N) is 1. The van der Waals surface area contributed by atoms with Gasteiger partial charge in [0, 0.05) is 32.6 Å². The van der Waals surface area contributed by atoms with Crippen LogP contribution < -0.4 is 10.6 Å². The van der Waals surface area contributed by atoms with Crippen molar-refractivity contribution >= 4 is 39.8 Å². The fourth-order valence-electron chi connectivity index (χ4n) is 2.05. The molecule has 0 heterocycles. The molecule has 0 bridgehead atoms. The number of ether oxygens (including phenoxy) is 1. The van der Waals surface area contributed by atoms with Crippen molar-refractivity contribution in [2.24, 2.45) is 10.9 Å². The Morgan fingerprint density at radius 3 is 2.38 bits per heavy atom. The van der Waals surface area contributed by atoms with Crippen LogP contribution in [-0.2, 0) is 21.1 Å². The van der Waals surface area contributed by atoms with E-state index in [4.69, 9.17) is 4.74 Å². The number of nitrogens with one attached hydrogen (secondary N) is 2. The standard InChI is InChI=1S/C18H31N3O3S.HI/c1-5-19-18(20-11-6-12-24-14-15(2)3)21-13-16-7-9-17(10-8-16)25(4,22)23;/h7-10,15H,5-6,11-14H2,1-4H3,(H2,19,20,21);1H. The molecule has 0 spiro atoms. The Kier molecular flexibility index (Phi) is 12.9. The summed E-state index contributed by atoms with van der Waals surface area (Å²) in [6.07, 6.45) is 2.12. The van der Waals surface area contributed by atoms with Gasteiger partial charge in [-0.1, -0.05) is 26.0 Å². The summed E-state index contributed by atoms with van der Waals surface area (Å²) in [6.45, 7) is 9.87. The molecule has 8 heteroatoms. The highest BCUT2D eigenvalue weighted by molar-refractivity contribution is 14.0. The Morgan fingerprint density at radius 1 is 1.19 bits per heavy atom. The lowest BCUT2D eigenvalue weighted by atomic mass is 10.2. The van der Waals surface area contributed by atoms with Crippen LogP contribution >= 0.6 is 24.0 Å². The minimum absolute atomic E-state index is 0. The number of rotatable bonds is 10. The quantitative estimate of drug-likeness (QED) is 0.225. The molecule has 0 aliphatic rings. The molecule has 2 N–H and O–H groups in total. The van der Waals surface area contributed by atoms with Crippen molar-refractivity contribution in [3.8, 4) is 0 Å². The zero-order chi connectivity index (χ0) is 18.7. The van der Waals surface area contributed by atoms with Crippen LogP contribution in [-0.4, -0.2) is 46.9 Å². The molecule has 0 saturated heterocycles. The molecule has 1 rings (SSSR count). The number of aliphatic imine (C=N–C) groups is 1. The summed E-state index contributed by atoms with van der Waals surface area (Å²) in [5.74, 6) is 1.31. The van der Waals surface area contributed by atoms with Crippen LogP contribution in [0.5, 0.6) is 0 Å². The second-order valence-corrected chi connectivity index (χ2v) is 8.38. The van der Waals surface area contributed by atoms with Crippen LogP contribution in [0, 0.1) is 5.92 Å². The van der Waals surface area contributed by atoms with Gasteiger partial charge in [-0.25, -0.2) is 13.4 Å². The Labute approximate surface area is 175 Å². The molecular formula is C18H32IN3O3S. The SMILES string of the molecule is CCNC(=NCc1ccc(S(C)(=O)=O)cc1)NCCCOCC(C)C.I. The zero-order valence-electron chi connectivity index (χ0n) is 16.1. The molecular weight excluding hydrogens is 465 g/mol. The summed E-state index contributed by atoms with van der Waals surface area (Å²) in [5.41, 5.74) is 0.963. The molecule has 1 aromatic carbocycles. The Hall–Kier alpha value is -0.870. The van der Waals surface area contributed by atoms with E-state index in [9.17, 15) is 8.42 Å². The summed E-state index contributed by atoms with van der Waals surface area (Å²) < 4.78 is 28.5. The first-order valence-corrected chi connectivity index (χ1v) is 10.6. The fraction of sp³-hybridized carbons (Fsp3) is 0.611. The number of hydrogen-bond donors (Lipinski definition) is 2. The van der Waals surface area contributed by atoms with Crippen LogP contribution in [0.2, 0.25) is 0 Å². The maximum atomic E-state index is 11.5. The predicted octanol–water partition coefficient (Wildman–Crippen LogP) is 2.83. The van der Waals surface area contributed by atoms with Crippen molar-refractivity contribution in [2.75, 3.05) is 32.6 Å². The monoisotopic (exact) mass is 497 g/mol. The highest BCUT2D eigenvalue weighted by Crippen LogP contribution is 2.10. The second-order valence-electron chi connectivity index (χ2n) is 6.36. The van der Waals surface area contributed by atoms with E-state index in [1.807, 2.05) is 6.92 Å². The molecule has 0 radical (unpaired) electrons. The smallest absolute Gasteiger partial charge is 0.191 e. The molecule has 0 unspecified atom stereocenters. The Morgan fingerprint density at radius 2 is 1.85 bits per heavy atom. The number of halogens is 1. The van der Waals surface area contributed by atoms with Gasteiger partial charge in [0.05, 0.1) is 11.4 Å². The molecule has 0 aliphatic heterocycles. The van der Waals surface area contributed by atoms with E-state index in [1.165, 1.54) is 6.26 Å². The van der Waals surface area contributed by atoms with Crippen LogP contribution in [0.3, 0.4) is 0 Å². The zero-order valence-corrected chi connectivity index (χ0v) is 19.3. The normalized spacial score (nSPS) is 12.0. The predicted molar refractivity (Wildman–Crippen MR) is 118 cm³/mol. The first kappa shape index (κ1) is 25.1. The van der Waals surface area contributed by atoms with Crippen molar-refractivity contribution < 1.29 is 13.2 Å². The Bertz CT molecular complexity index is 632. The van der Waals surface area contributed by atoms with Crippen LogP contribution in [0.4, 0.5) is 0 Å². The summed E-state index contributed by atoms with van der Waals surface area (Å²) >= 11 is 0. The molecule has 150 valence electrons. The number of hydrogen-bond acceptors (Lipinski definition) is 4. The minimum Gasteiger partial charge on any atom is -0.381 e. The van der Waals surface area contributed by atoms with E-state index in [0.717, 1.165) is 44.2 Å². The van der Waals surface area contributed by atoms with Crippen LogP contribution in [0.25, 0.3) is 0 Å². The minimum atomic E-state index is -3.16. The summed E-state index contributed by atoms with van der Waals surface area (Å²) in [5, 5.41) is 6.48. The van der Waals surface area contributed by atoms with Crippen LogP contribution in [0.15, 0.2) is 34.2 Å². The first-order valence-electron chi connectivity index (χ1n) is 8.71. The maximum Gasteiger partial charge on any atom is 0.191 e. The molecule has 0 fully saturated rings. The van der Waals surface area contributed by atoms with E-state index < -0.39 is 9.84 Å². The lowest BCUT2D eigenvalue weighted by Gasteiger charge is -2.12. The summed E-state index contributed by atoms with van der Waals surface area (Å²) in [7, 11) is -3.16. The van der Waals surface area contributed by atoms with E-state index in [0.29, 0.717) is 17.4 Å². The topological polar surface area (TPSA) is 79.8 Å². The lowest BCUT2D eigenvalue weighted by molar-refractivity contribution is 0.108. The Balaban J connectivity index is 0.00000625. The van der Waals surface area contributed by atoms with E-state index in [2.05, 4.69) is 29.5 Å². The van der Waals surface area contributed by atoms with Gasteiger partial charge in [0.15, 0.2) is 15.8 Å². The maximum absolute atomic E-state index is 11.5. The van der Waals surface area contributed by atoms with Gasteiger partial charge >= 0.3 is 0 Å². The van der Waals surface area contributed by atoms with Crippen molar-refractivity contribution in [1.82, 2.24) is 10.6 Å². The highest BCUT2D eigenvalue weighted by Gasteiger charge is 2.06. The van der Waals surface area contributed by atoms with E-state index in [-0.39, 0.29) is 24.0 Å². The third-order valence-electron chi connectivity index (χ3n) is 3.32. The van der Waals surface area contributed by atoms with Gasteiger partial charge in [0.25, 0.3) is 0 Å². The third kappa shape index (κ3) is 11.0. The molecule has 6 nitrogen and oxygen atoms in total. The summed E-state index contributed by atoms with van der Waals surface area (Å²) in [6, 6.07) is 6.83. The van der Waals surface area contributed by atoms with Gasteiger partial charge in [0.1, 0.15) is 0 Å². The number of sulfone groups is 1. The van der Waals surface area contributed by atoms with E-state index in [1.54, 1.807) is 24.3 Å². The lowest BCUT2D eigenvalue weighted by Crippen LogP contribution is -2.38. The molecule has 0 amide bonds. The fourth-order valence-corrected chi connectivity index (χ4v) is 2.68. The number of benzene rings is 1. The number of guanidine groups is 1.